The third-order valence-electron chi connectivity index (χ3n) is 5.67. The molecule has 5 rings (SSSR count). The van der Waals surface area contributed by atoms with Gasteiger partial charge in [0, 0.05) is 47.5 Å². The quantitative estimate of drug-likeness (QED) is 0.398. The van der Waals surface area contributed by atoms with Gasteiger partial charge in [-0.1, -0.05) is 59.6 Å². The zero-order valence-electron chi connectivity index (χ0n) is 18.3. The number of anilines is 3. The van der Waals surface area contributed by atoms with E-state index in [1.165, 1.54) is 0 Å². The molecule has 0 atom stereocenters. The third-order valence-corrected chi connectivity index (χ3v) is 6.26. The van der Waals surface area contributed by atoms with Crippen molar-refractivity contribution in [1.29, 1.82) is 0 Å². The maximum atomic E-state index is 12.9. The third kappa shape index (κ3) is 4.76. The van der Waals surface area contributed by atoms with E-state index in [1.807, 2.05) is 53.4 Å². The number of hydrogen-bond acceptors (Lipinski definition) is 6. The van der Waals surface area contributed by atoms with Gasteiger partial charge in [-0.3, -0.25) is 14.3 Å². The zero-order chi connectivity index (χ0) is 23.5. The van der Waals surface area contributed by atoms with Crippen LogP contribution in [0.4, 0.5) is 17.7 Å². The first-order valence-electron chi connectivity index (χ1n) is 11.0. The number of halogens is 2. The second-order valence-corrected chi connectivity index (χ2v) is 8.80. The van der Waals surface area contributed by atoms with Crippen LogP contribution in [-0.2, 0) is 13.0 Å². The molecule has 0 fully saturated rings. The minimum atomic E-state index is -0.0687. The lowest BCUT2D eigenvalue weighted by Crippen LogP contribution is -2.36. The van der Waals surface area contributed by atoms with Crippen LogP contribution >= 0.6 is 23.2 Å². The van der Waals surface area contributed by atoms with Gasteiger partial charge in [0.05, 0.1) is 5.69 Å². The van der Waals surface area contributed by atoms with E-state index in [0.717, 1.165) is 17.5 Å². The highest BCUT2D eigenvalue weighted by atomic mass is 35.5. The maximum absolute atomic E-state index is 12.9. The Hall–Kier alpha value is -3.42. The molecule has 0 amide bonds. The summed E-state index contributed by atoms with van der Waals surface area (Å²) in [6.45, 7) is 1.95. The summed E-state index contributed by atoms with van der Waals surface area (Å²) in [6, 6.07) is 18.6. The summed E-state index contributed by atoms with van der Waals surface area (Å²) in [5, 5.41) is 4.51. The number of aromatic nitrogens is 4. The molecule has 0 unspecified atom stereocenters. The highest BCUT2D eigenvalue weighted by Gasteiger charge is 2.23. The first-order valence-corrected chi connectivity index (χ1v) is 11.8. The minimum Gasteiger partial charge on any atom is -0.354 e. The Morgan fingerprint density at radius 1 is 0.971 bits per heavy atom. The Morgan fingerprint density at radius 3 is 2.65 bits per heavy atom. The van der Waals surface area contributed by atoms with Crippen LogP contribution in [0.25, 0.3) is 11.3 Å². The van der Waals surface area contributed by atoms with Crippen molar-refractivity contribution in [2.45, 2.75) is 19.4 Å². The molecule has 0 aliphatic carbocycles. The Kier molecular flexibility index (Phi) is 6.47. The number of hydrogen-bond donors (Lipinski definition) is 1. The van der Waals surface area contributed by atoms with Crippen LogP contribution < -0.4 is 15.8 Å². The topological polar surface area (TPSA) is 75.9 Å². The van der Waals surface area contributed by atoms with Crippen LogP contribution in [0.5, 0.6) is 0 Å². The van der Waals surface area contributed by atoms with Gasteiger partial charge in [-0.25, -0.2) is 9.97 Å². The summed E-state index contributed by atoms with van der Waals surface area (Å²) in [5.41, 5.74) is 2.48. The van der Waals surface area contributed by atoms with Gasteiger partial charge in [0.1, 0.15) is 5.82 Å². The molecule has 3 heterocycles. The van der Waals surface area contributed by atoms with Crippen molar-refractivity contribution in [2.24, 2.45) is 0 Å². The van der Waals surface area contributed by atoms with E-state index < -0.39 is 0 Å². The molecular formula is C25H22Cl2N6O. The molecule has 34 heavy (non-hydrogen) atoms. The van der Waals surface area contributed by atoms with E-state index in [-0.39, 0.29) is 5.56 Å². The van der Waals surface area contributed by atoms with Crippen LogP contribution in [-0.4, -0.2) is 32.6 Å². The van der Waals surface area contributed by atoms with Crippen molar-refractivity contribution < 1.29 is 0 Å². The van der Waals surface area contributed by atoms with Crippen molar-refractivity contribution in [3.63, 3.8) is 0 Å². The normalized spacial score (nSPS) is 12.9. The average Bonchev–Trinajstić information content (AvgIpc) is 2.86. The van der Waals surface area contributed by atoms with Crippen LogP contribution in [0, 0.1) is 0 Å². The second-order valence-electron chi connectivity index (χ2n) is 7.95. The number of nitrogens with zero attached hydrogens (tertiary/aromatic N) is 5. The summed E-state index contributed by atoms with van der Waals surface area (Å²) in [4.78, 5) is 28.7. The minimum absolute atomic E-state index is 0.0687. The first-order chi connectivity index (χ1) is 16.6. The fourth-order valence-electron chi connectivity index (χ4n) is 3.99. The predicted molar refractivity (Wildman–Crippen MR) is 136 cm³/mol. The van der Waals surface area contributed by atoms with Crippen molar-refractivity contribution in [3.8, 4) is 11.3 Å². The summed E-state index contributed by atoms with van der Waals surface area (Å²) in [6.07, 6.45) is 3.23. The smallest absolute Gasteiger partial charge is 0.255 e. The summed E-state index contributed by atoms with van der Waals surface area (Å²) in [5.74, 6) is 1.78. The molecule has 7 nitrogen and oxygen atoms in total. The van der Waals surface area contributed by atoms with Crippen molar-refractivity contribution in [2.75, 3.05) is 23.3 Å². The maximum Gasteiger partial charge on any atom is 0.255 e. The number of fused-ring (bicyclic) bond motifs is 1. The van der Waals surface area contributed by atoms with E-state index >= 15 is 0 Å². The Bertz CT molecular complexity index is 1380. The van der Waals surface area contributed by atoms with Crippen LogP contribution in [0.1, 0.15) is 12.0 Å². The number of benzene rings is 2. The molecule has 1 aliphatic heterocycles. The number of nitrogens with one attached hydrogen (secondary N) is 1. The molecule has 172 valence electrons. The first kappa shape index (κ1) is 22.4. The fraction of sp³-hybridized carbons (Fsp3) is 0.200. The molecule has 0 radical (unpaired) electrons. The van der Waals surface area contributed by atoms with Crippen molar-refractivity contribution in [1.82, 2.24) is 19.5 Å². The lowest BCUT2D eigenvalue weighted by Gasteiger charge is -2.30. The lowest BCUT2D eigenvalue weighted by molar-refractivity contribution is 0.561. The lowest BCUT2D eigenvalue weighted by atomic mass is 10.1. The van der Waals surface area contributed by atoms with E-state index in [2.05, 4.69) is 15.3 Å². The van der Waals surface area contributed by atoms with E-state index in [9.17, 15) is 4.79 Å². The molecule has 2 aromatic heterocycles. The van der Waals surface area contributed by atoms with Gasteiger partial charge in [0.25, 0.3) is 5.56 Å². The van der Waals surface area contributed by atoms with Crippen molar-refractivity contribution in [3.05, 3.63) is 92.8 Å². The highest BCUT2D eigenvalue weighted by Crippen LogP contribution is 2.28. The standard InChI is InChI=1S/C25H22Cl2N6O/c26-19-8-7-17(20(27)15-19)9-11-28-24-29-12-10-22(31-24)32-13-4-14-33-23(34)16-21(30-25(32)33)18-5-2-1-3-6-18/h1-3,5-8,10,12,15-16H,4,9,11,13-14H2,(H,28,29,31). The van der Waals surface area contributed by atoms with Crippen LogP contribution in [0.3, 0.4) is 0 Å². The zero-order valence-corrected chi connectivity index (χ0v) is 19.8. The van der Waals surface area contributed by atoms with Gasteiger partial charge >= 0.3 is 0 Å². The van der Waals surface area contributed by atoms with Gasteiger partial charge in [0.15, 0.2) is 0 Å². The summed E-state index contributed by atoms with van der Waals surface area (Å²) >= 11 is 12.2. The molecular weight excluding hydrogens is 471 g/mol. The molecule has 0 saturated heterocycles. The van der Waals surface area contributed by atoms with Crippen molar-refractivity contribution >= 4 is 40.9 Å². The number of rotatable bonds is 6. The molecule has 9 heteroatoms. The molecule has 0 spiro atoms. The summed E-state index contributed by atoms with van der Waals surface area (Å²) in [7, 11) is 0. The van der Waals surface area contributed by atoms with Gasteiger partial charge in [-0.05, 0) is 36.6 Å². The van der Waals surface area contributed by atoms with Gasteiger partial charge in [-0.2, -0.15) is 4.98 Å². The Morgan fingerprint density at radius 2 is 1.82 bits per heavy atom. The fourth-order valence-corrected chi connectivity index (χ4v) is 4.49. The van der Waals surface area contributed by atoms with E-state index in [0.29, 0.717) is 59.5 Å². The molecule has 0 saturated carbocycles. The average molecular weight is 493 g/mol. The van der Waals surface area contributed by atoms with E-state index in [1.54, 1.807) is 22.9 Å². The predicted octanol–water partition coefficient (Wildman–Crippen LogP) is 5.20. The van der Waals surface area contributed by atoms with Crippen LogP contribution in [0.2, 0.25) is 10.0 Å². The molecule has 1 aliphatic rings. The Labute approximate surface area is 207 Å². The summed E-state index contributed by atoms with van der Waals surface area (Å²) < 4.78 is 1.70. The Balaban J connectivity index is 1.38. The van der Waals surface area contributed by atoms with E-state index in [4.69, 9.17) is 28.2 Å². The van der Waals surface area contributed by atoms with Gasteiger partial charge in [-0.15, -0.1) is 0 Å². The molecule has 0 bridgehead atoms. The van der Waals surface area contributed by atoms with Gasteiger partial charge < -0.3 is 5.32 Å². The van der Waals surface area contributed by atoms with Crippen LogP contribution in [0.15, 0.2) is 71.7 Å². The molecule has 4 aromatic rings. The molecule has 2 aromatic carbocycles. The monoisotopic (exact) mass is 492 g/mol. The highest BCUT2D eigenvalue weighted by molar-refractivity contribution is 6.35. The second kappa shape index (κ2) is 9.83. The largest absolute Gasteiger partial charge is 0.354 e. The van der Waals surface area contributed by atoms with Gasteiger partial charge in [0.2, 0.25) is 11.9 Å². The molecule has 1 N–H and O–H groups in total. The SMILES string of the molecule is O=c1cc(-c2ccccc2)nc2n1CCCN2c1ccnc(NCCc2ccc(Cl)cc2Cl)n1.